The molecule has 2 aliphatic rings. The number of hydrogen-bond donors (Lipinski definition) is 2. The molecule has 2 aromatic heterocycles. The van der Waals surface area contributed by atoms with Crippen LogP contribution in [0.15, 0.2) is 18.6 Å². The Morgan fingerprint density at radius 1 is 0.966 bits per heavy atom. The number of nitrogens with one attached hydrogen (secondary N) is 1. The fourth-order valence-electron chi connectivity index (χ4n) is 5.06. The molecule has 4 rings (SSSR count). The van der Waals surface area contributed by atoms with E-state index in [0.717, 1.165) is 53.0 Å². The van der Waals surface area contributed by atoms with Crippen molar-refractivity contribution in [2.75, 3.05) is 18.5 Å². The van der Waals surface area contributed by atoms with Gasteiger partial charge in [-0.05, 0) is 74.3 Å². The lowest BCUT2D eigenvalue weighted by Gasteiger charge is -2.38. The first kappa shape index (κ1) is 22.1. The summed E-state index contributed by atoms with van der Waals surface area (Å²) in [5.74, 6) is 5.36. The van der Waals surface area contributed by atoms with Gasteiger partial charge in [0.1, 0.15) is 17.8 Å². The zero-order valence-electron chi connectivity index (χ0n) is 19.1. The number of nitrogens with two attached hydrogens (primary N) is 1. The lowest BCUT2D eigenvalue weighted by Crippen LogP contribution is -2.38. The van der Waals surface area contributed by atoms with Crippen molar-refractivity contribution < 1.29 is 0 Å². The van der Waals surface area contributed by atoms with Crippen LogP contribution in [0.5, 0.6) is 0 Å². The summed E-state index contributed by atoms with van der Waals surface area (Å²) in [6.45, 7) is 10.4. The van der Waals surface area contributed by atoms with Crippen molar-refractivity contribution in [3.05, 3.63) is 18.6 Å². The highest BCUT2D eigenvalue weighted by atomic mass is 15.2. The number of rotatable bonds is 3. The van der Waals surface area contributed by atoms with E-state index in [0.29, 0.717) is 6.04 Å². The Balaban J connectivity index is 0.000000204. The Morgan fingerprint density at radius 3 is 2.31 bits per heavy atom. The second kappa shape index (κ2) is 9.92. The summed E-state index contributed by atoms with van der Waals surface area (Å²) in [5.41, 5.74) is 6.54. The molecule has 2 heterocycles. The van der Waals surface area contributed by atoms with Gasteiger partial charge in [-0.2, -0.15) is 0 Å². The molecule has 0 spiro atoms. The molecule has 5 heteroatoms. The zero-order valence-corrected chi connectivity index (χ0v) is 19.1. The number of hydrogen-bond acceptors (Lipinski definition) is 4. The summed E-state index contributed by atoms with van der Waals surface area (Å²) in [6.07, 6.45) is 11.5. The van der Waals surface area contributed by atoms with Gasteiger partial charge in [0.2, 0.25) is 0 Å². The zero-order chi connectivity index (χ0) is 21.0. The van der Waals surface area contributed by atoms with Crippen LogP contribution in [0.4, 0.5) is 5.82 Å². The van der Waals surface area contributed by atoms with E-state index in [9.17, 15) is 0 Å². The second-order valence-electron chi connectivity index (χ2n) is 9.84. The summed E-state index contributed by atoms with van der Waals surface area (Å²) in [7, 11) is 2.17. The van der Waals surface area contributed by atoms with Crippen molar-refractivity contribution in [3.8, 4) is 0 Å². The number of nitrogens with zero attached hydrogens (tertiary/aromatic N) is 3. The molecule has 0 saturated heterocycles. The molecule has 0 radical (unpaired) electrons. The van der Waals surface area contributed by atoms with E-state index in [-0.39, 0.29) is 0 Å². The fraction of sp³-hybridized carbons (Fsp3) is 0.750. The molecular weight excluding hydrogens is 358 g/mol. The van der Waals surface area contributed by atoms with Gasteiger partial charge in [-0.3, -0.25) is 0 Å². The third kappa shape index (κ3) is 5.30. The van der Waals surface area contributed by atoms with Crippen LogP contribution in [0, 0.1) is 29.6 Å². The van der Waals surface area contributed by atoms with Crippen LogP contribution in [0.3, 0.4) is 0 Å². The Kier molecular flexibility index (Phi) is 7.55. The molecule has 3 N–H and O–H groups in total. The van der Waals surface area contributed by atoms with Gasteiger partial charge in [-0.25, -0.2) is 9.97 Å². The lowest BCUT2D eigenvalue weighted by atomic mass is 9.76. The van der Waals surface area contributed by atoms with Gasteiger partial charge < -0.3 is 15.6 Å². The van der Waals surface area contributed by atoms with Gasteiger partial charge in [0, 0.05) is 19.3 Å². The van der Waals surface area contributed by atoms with Gasteiger partial charge in [-0.1, -0.05) is 34.1 Å². The first-order valence-corrected chi connectivity index (χ1v) is 11.6. The number of fused-ring (bicyclic) bond motifs is 1. The van der Waals surface area contributed by atoms with Gasteiger partial charge >= 0.3 is 0 Å². The molecule has 0 aromatic carbocycles. The van der Waals surface area contributed by atoms with Crippen LogP contribution in [-0.2, 0) is 0 Å². The Labute approximate surface area is 176 Å². The van der Waals surface area contributed by atoms with Gasteiger partial charge in [0.15, 0.2) is 0 Å². The highest BCUT2D eigenvalue weighted by Gasteiger charge is 2.28. The first-order valence-electron chi connectivity index (χ1n) is 11.6. The van der Waals surface area contributed by atoms with Crippen LogP contribution in [0.1, 0.15) is 66.2 Å². The van der Waals surface area contributed by atoms with Gasteiger partial charge in [0.05, 0.1) is 5.39 Å². The quantitative estimate of drug-likeness (QED) is 0.741. The van der Waals surface area contributed by atoms with Crippen LogP contribution >= 0.6 is 0 Å². The van der Waals surface area contributed by atoms with Crippen LogP contribution in [-0.4, -0.2) is 34.6 Å². The maximum atomic E-state index is 5.61. The Morgan fingerprint density at radius 2 is 1.66 bits per heavy atom. The van der Waals surface area contributed by atoms with Crippen LogP contribution in [0.25, 0.3) is 11.0 Å². The highest BCUT2D eigenvalue weighted by molar-refractivity contribution is 5.87. The molecule has 2 fully saturated rings. The van der Waals surface area contributed by atoms with Crippen molar-refractivity contribution >= 4 is 16.9 Å². The molecule has 29 heavy (non-hydrogen) atoms. The molecule has 2 saturated carbocycles. The van der Waals surface area contributed by atoms with E-state index in [1.54, 1.807) is 6.33 Å². The smallest absolute Gasteiger partial charge is 0.142 e. The predicted octanol–water partition coefficient (Wildman–Crippen LogP) is 5.24. The maximum Gasteiger partial charge on any atom is 0.142 e. The van der Waals surface area contributed by atoms with Gasteiger partial charge in [0.25, 0.3) is 0 Å². The minimum atomic E-state index is 0.596. The summed E-state index contributed by atoms with van der Waals surface area (Å²) >= 11 is 0. The fourth-order valence-corrected chi connectivity index (χ4v) is 5.06. The summed E-state index contributed by atoms with van der Waals surface area (Å²) in [5, 5.41) is 1.12. The summed E-state index contributed by atoms with van der Waals surface area (Å²) < 4.78 is 0. The largest absolute Gasteiger partial charge is 0.356 e. The normalized spacial score (nSPS) is 32.5. The average molecular weight is 400 g/mol. The number of H-pyrrole nitrogens is 1. The van der Waals surface area contributed by atoms with Crippen molar-refractivity contribution in [2.45, 2.75) is 72.3 Å². The van der Waals surface area contributed by atoms with E-state index in [1.807, 2.05) is 6.20 Å². The van der Waals surface area contributed by atoms with Crippen LogP contribution in [0.2, 0.25) is 0 Å². The number of aromatic amines is 1. The minimum Gasteiger partial charge on any atom is -0.356 e. The standard InChI is InChI=1S/C15H22N4.C9H19N/c1-10-4-5-12(8-11(10)2)19(3)15-13-6-7-16-14(13)17-9-18-15;1-7-3-4-9(6-10)5-8(7)2/h6-7,9-12H,4-5,8H2,1-3H3,(H,16,17,18);7-9H,3-6,10H2,1-2H3. The average Bonchev–Trinajstić information content (AvgIpc) is 3.21. The molecule has 162 valence electrons. The van der Waals surface area contributed by atoms with Crippen molar-refractivity contribution in [1.82, 2.24) is 15.0 Å². The highest BCUT2D eigenvalue weighted by Crippen LogP contribution is 2.34. The third-order valence-corrected chi connectivity index (χ3v) is 7.83. The van der Waals surface area contributed by atoms with Gasteiger partial charge in [-0.15, -0.1) is 0 Å². The van der Waals surface area contributed by atoms with Crippen molar-refractivity contribution in [3.63, 3.8) is 0 Å². The maximum absolute atomic E-state index is 5.61. The minimum absolute atomic E-state index is 0.596. The third-order valence-electron chi connectivity index (χ3n) is 7.83. The second-order valence-corrected chi connectivity index (χ2v) is 9.84. The van der Waals surface area contributed by atoms with Crippen molar-refractivity contribution in [1.29, 1.82) is 0 Å². The Bertz CT molecular complexity index is 757. The molecular formula is C24H41N5. The predicted molar refractivity (Wildman–Crippen MR) is 123 cm³/mol. The van der Waals surface area contributed by atoms with Crippen LogP contribution < -0.4 is 10.6 Å². The van der Waals surface area contributed by atoms with Crippen molar-refractivity contribution in [2.24, 2.45) is 35.3 Å². The molecule has 5 nitrogen and oxygen atoms in total. The molecule has 0 bridgehead atoms. The monoisotopic (exact) mass is 399 g/mol. The van der Waals surface area contributed by atoms with E-state index in [2.05, 4.69) is 60.7 Å². The number of anilines is 1. The van der Waals surface area contributed by atoms with E-state index in [4.69, 9.17) is 5.73 Å². The molecule has 2 aliphatic carbocycles. The molecule has 0 aliphatic heterocycles. The first-order chi connectivity index (χ1) is 13.9. The molecule has 2 aromatic rings. The summed E-state index contributed by atoms with van der Waals surface area (Å²) in [4.78, 5) is 14.3. The topological polar surface area (TPSA) is 70.8 Å². The Hall–Kier alpha value is -1.62. The number of aromatic nitrogens is 3. The lowest BCUT2D eigenvalue weighted by molar-refractivity contribution is 0.213. The van der Waals surface area contributed by atoms with E-state index >= 15 is 0 Å². The molecule has 0 amide bonds. The molecule has 6 unspecified atom stereocenters. The molecule has 6 atom stereocenters. The van der Waals surface area contributed by atoms with E-state index in [1.165, 1.54) is 38.5 Å². The summed E-state index contributed by atoms with van der Waals surface area (Å²) in [6, 6.07) is 2.66. The SMILES string of the molecule is CC1CCC(CN)CC1C.CC1CCC(N(C)c2ncnc3[nH]ccc23)CC1C. The van der Waals surface area contributed by atoms with E-state index < -0.39 is 0 Å².